The number of unbranched alkanes of at least 4 members (excludes halogenated alkanes) is 2. The third-order valence-electron chi connectivity index (χ3n) is 4.44. The lowest BCUT2D eigenvalue weighted by Gasteiger charge is -2.14. The summed E-state index contributed by atoms with van der Waals surface area (Å²) in [4.78, 5) is 0. The third-order valence-corrected chi connectivity index (χ3v) is 4.44. The summed E-state index contributed by atoms with van der Waals surface area (Å²) in [5.74, 6) is 2.83. The monoisotopic (exact) mass is 240 g/mol. The molecule has 0 radical (unpaired) electrons. The molecule has 0 aromatic rings. The van der Waals surface area contributed by atoms with Gasteiger partial charge in [-0.2, -0.15) is 0 Å². The van der Waals surface area contributed by atoms with E-state index in [9.17, 15) is 0 Å². The van der Waals surface area contributed by atoms with Crippen LogP contribution in [0.5, 0.6) is 0 Å². The van der Waals surface area contributed by atoms with Gasteiger partial charge in [-0.3, -0.25) is 0 Å². The van der Waals surface area contributed by atoms with Gasteiger partial charge < -0.3 is 0 Å². The molecule has 0 N–H and O–H groups in total. The molecule has 0 nitrogen and oxygen atoms in total. The van der Waals surface area contributed by atoms with E-state index < -0.39 is 0 Å². The number of hydrogen-bond acceptors (Lipinski definition) is 0. The minimum Gasteiger partial charge on any atom is -0.0651 e. The summed E-state index contributed by atoms with van der Waals surface area (Å²) in [7, 11) is 0. The quantitative estimate of drug-likeness (QED) is 0.364. The Morgan fingerprint density at radius 3 is 1.47 bits per heavy atom. The molecule has 0 bridgehead atoms. The Bertz CT molecular complexity index is 150. The van der Waals surface area contributed by atoms with Crippen molar-refractivity contribution in [1.82, 2.24) is 0 Å². The normalized spacial score (nSPS) is 16.8. The summed E-state index contributed by atoms with van der Waals surface area (Å²) in [6.07, 6.45) is 12.8. The van der Waals surface area contributed by atoms with E-state index in [4.69, 9.17) is 0 Å². The Kier molecular flexibility index (Phi) is 11.1. The number of rotatable bonds is 11. The van der Waals surface area contributed by atoms with Gasteiger partial charge in [0.15, 0.2) is 0 Å². The molecule has 0 heteroatoms. The molecule has 17 heavy (non-hydrogen) atoms. The van der Waals surface area contributed by atoms with Crippen LogP contribution in [0.1, 0.15) is 92.4 Å². The first kappa shape index (κ1) is 17.0. The van der Waals surface area contributed by atoms with E-state index in [1.807, 2.05) is 0 Å². The van der Waals surface area contributed by atoms with Gasteiger partial charge in [0.2, 0.25) is 0 Å². The molecule has 0 rings (SSSR count). The zero-order valence-electron chi connectivity index (χ0n) is 13.1. The van der Waals surface area contributed by atoms with Crippen molar-refractivity contribution in [3.05, 3.63) is 0 Å². The second-order valence-electron chi connectivity index (χ2n) is 6.35. The number of hydrogen-bond donors (Lipinski definition) is 0. The minimum absolute atomic E-state index is 0.933. The van der Waals surface area contributed by atoms with Crippen molar-refractivity contribution in [3.63, 3.8) is 0 Å². The summed E-state index contributed by atoms with van der Waals surface area (Å²) >= 11 is 0. The molecular weight excluding hydrogens is 204 g/mol. The highest BCUT2D eigenvalue weighted by molar-refractivity contribution is 4.58. The maximum atomic E-state index is 2.44. The highest BCUT2D eigenvalue weighted by Crippen LogP contribution is 2.20. The van der Waals surface area contributed by atoms with E-state index in [1.54, 1.807) is 0 Å². The van der Waals surface area contributed by atoms with Crippen LogP contribution in [-0.2, 0) is 0 Å². The summed E-state index contributed by atoms with van der Waals surface area (Å²) in [5, 5.41) is 0. The van der Waals surface area contributed by atoms with Gasteiger partial charge in [0, 0.05) is 0 Å². The summed E-state index contributed by atoms with van der Waals surface area (Å²) in [5.41, 5.74) is 0. The van der Waals surface area contributed by atoms with Crippen molar-refractivity contribution in [2.45, 2.75) is 92.4 Å². The van der Waals surface area contributed by atoms with E-state index in [1.165, 1.54) is 57.8 Å². The van der Waals surface area contributed by atoms with E-state index in [0.29, 0.717) is 0 Å². The van der Waals surface area contributed by atoms with Crippen molar-refractivity contribution in [1.29, 1.82) is 0 Å². The molecule has 0 aliphatic heterocycles. The first-order valence-electron chi connectivity index (χ1n) is 8.10. The Hall–Kier alpha value is 0. The molecular formula is C17H36. The fourth-order valence-corrected chi connectivity index (χ4v) is 2.28. The van der Waals surface area contributed by atoms with Gasteiger partial charge in [0.25, 0.3) is 0 Å². The molecule has 0 aliphatic carbocycles. The van der Waals surface area contributed by atoms with Crippen LogP contribution in [-0.4, -0.2) is 0 Å². The van der Waals surface area contributed by atoms with Crippen molar-refractivity contribution in [2.75, 3.05) is 0 Å². The molecule has 3 unspecified atom stereocenters. The third kappa shape index (κ3) is 10.9. The van der Waals surface area contributed by atoms with Crippen LogP contribution in [0.15, 0.2) is 0 Å². The first-order valence-corrected chi connectivity index (χ1v) is 8.10. The van der Waals surface area contributed by atoms with Crippen molar-refractivity contribution < 1.29 is 0 Å². The Morgan fingerprint density at radius 2 is 0.941 bits per heavy atom. The molecule has 0 fully saturated rings. The second-order valence-corrected chi connectivity index (χ2v) is 6.35. The predicted molar refractivity (Wildman–Crippen MR) is 80.4 cm³/mol. The molecule has 0 amide bonds. The predicted octanol–water partition coefficient (Wildman–Crippen LogP) is 6.45. The standard InChI is InChI=1S/C17H36/c1-6-15(3)11-9-8-10-12-17(5)14-13-16(4)7-2/h15-17H,6-14H2,1-5H3. The largest absolute Gasteiger partial charge is 0.0651 e. The van der Waals surface area contributed by atoms with Crippen molar-refractivity contribution >= 4 is 0 Å². The SMILES string of the molecule is CCC(C)CCCCCC(C)CCC(C)CC. The molecule has 0 saturated carbocycles. The molecule has 0 aromatic carbocycles. The zero-order chi connectivity index (χ0) is 13.1. The van der Waals surface area contributed by atoms with Crippen LogP contribution in [0.4, 0.5) is 0 Å². The van der Waals surface area contributed by atoms with Crippen LogP contribution >= 0.6 is 0 Å². The average Bonchev–Trinajstić information content (AvgIpc) is 2.34. The van der Waals surface area contributed by atoms with Gasteiger partial charge in [-0.1, -0.05) is 92.4 Å². The molecule has 104 valence electrons. The van der Waals surface area contributed by atoms with Crippen LogP contribution in [0.2, 0.25) is 0 Å². The van der Waals surface area contributed by atoms with E-state index in [-0.39, 0.29) is 0 Å². The maximum absolute atomic E-state index is 2.44. The smallest absolute Gasteiger partial charge is 0.0443 e. The van der Waals surface area contributed by atoms with Crippen molar-refractivity contribution in [3.8, 4) is 0 Å². The minimum atomic E-state index is 0.933. The zero-order valence-corrected chi connectivity index (χ0v) is 13.1. The van der Waals surface area contributed by atoms with E-state index in [2.05, 4.69) is 34.6 Å². The van der Waals surface area contributed by atoms with E-state index >= 15 is 0 Å². The second kappa shape index (κ2) is 11.1. The molecule has 0 heterocycles. The molecule has 0 saturated heterocycles. The van der Waals surface area contributed by atoms with E-state index in [0.717, 1.165) is 17.8 Å². The molecule has 0 spiro atoms. The lowest BCUT2D eigenvalue weighted by atomic mass is 9.92. The van der Waals surface area contributed by atoms with Crippen LogP contribution in [0.3, 0.4) is 0 Å². The Morgan fingerprint density at radius 1 is 0.529 bits per heavy atom. The van der Waals surface area contributed by atoms with Gasteiger partial charge in [-0.05, 0) is 17.8 Å². The Labute approximate surface area is 111 Å². The molecule has 0 aromatic heterocycles. The fraction of sp³-hybridized carbons (Fsp3) is 1.00. The topological polar surface area (TPSA) is 0 Å². The summed E-state index contributed by atoms with van der Waals surface area (Å²) in [6, 6.07) is 0. The van der Waals surface area contributed by atoms with Gasteiger partial charge in [-0.15, -0.1) is 0 Å². The lowest BCUT2D eigenvalue weighted by molar-refractivity contribution is 0.388. The molecule has 0 aliphatic rings. The van der Waals surface area contributed by atoms with Crippen LogP contribution in [0.25, 0.3) is 0 Å². The van der Waals surface area contributed by atoms with Gasteiger partial charge in [0.05, 0.1) is 0 Å². The highest BCUT2D eigenvalue weighted by atomic mass is 14.1. The highest BCUT2D eigenvalue weighted by Gasteiger charge is 2.05. The maximum Gasteiger partial charge on any atom is -0.0443 e. The first-order chi connectivity index (χ1) is 8.10. The van der Waals surface area contributed by atoms with Crippen molar-refractivity contribution in [2.24, 2.45) is 17.8 Å². The lowest BCUT2D eigenvalue weighted by Crippen LogP contribution is -2.00. The van der Waals surface area contributed by atoms with Crippen LogP contribution in [0, 0.1) is 17.8 Å². The summed E-state index contributed by atoms with van der Waals surface area (Å²) in [6.45, 7) is 11.8. The summed E-state index contributed by atoms with van der Waals surface area (Å²) < 4.78 is 0. The van der Waals surface area contributed by atoms with Crippen LogP contribution < -0.4 is 0 Å². The van der Waals surface area contributed by atoms with Gasteiger partial charge >= 0.3 is 0 Å². The van der Waals surface area contributed by atoms with Gasteiger partial charge in [0.1, 0.15) is 0 Å². The van der Waals surface area contributed by atoms with Gasteiger partial charge in [-0.25, -0.2) is 0 Å². The average molecular weight is 240 g/mol. The Balaban J connectivity index is 3.30. The fourth-order valence-electron chi connectivity index (χ4n) is 2.28. The molecule has 3 atom stereocenters.